The lowest BCUT2D eigenvalue weighted by Crippen LogP contribution is -2.08. The van der Waals surface area contributed by atoms with E-state index in [1.807, 2.05) is 0 Å². The second-order valence-corrected chi connectivity index (χ2v) is 5.51. The van der Waals surface area contributed by atoms with Gasteiger partial charge in [0.15, 0.2) is 5.58 Å². The summed E-state index contributed by atoms with van der Waals surface area (Å²) in [6.07, 6.45) is 0.0761. The van der Waals surface area contributed by atoms with E-state index in [-0.39, 0.29) is 12.4 Å². The number of rotatable bonds is 3. The fourth-order valence-corrected chi connectivity index (χ4v) is 2.82. The van der Waals surface area contributed by atoms with Crippen molar-refractivity contribution in [1.29, 1.82) is 0 Å². The van der Waals surface area contributed by atoms with Gasteiger partial charge >= 0.3 is 5.97 Å². The van der Waals surface area contributed by atoms with Gasteiger partial charge in [0.1, 0.15) is 5.69 Å². The van der Waals surface area contributed by atoms with Crippen molar-refractivity contribution < 1.29 is 14.1 Å². The van der Waals surface area contributed by atoms with Gasteiger partial charge in [-0.25, -0.2) is 0 Å². The summed E-state index contributed by atoms with van der Waals surface area (Å²) in [6.45, 7) is 2.11. The third-order valence-electron chi connectivity index (χ3n) is 2.35. The quantitative estimate of drug-likeness (QED) is 0.465. The van der Waals surface area contributed by atoms with Crippen LogP contribution >= 0.6 is 38.5 Å². The number of carbonyl (C=O) groups excluding carboxylic acids is 1. The fraction of sp³-hybridized carbons (Fsp3) is 0.273. The molecule has 2 aromatic rings. The normalized spacial score (nSPS) is 10.8. The third kappa shape index (κ3) is 2.46. The molecule has 0 spiro atoms. The first-order valence-electron chi connectivity index (χ1n) is 5.22. The number of esters is 1. The first-order valence-corrected chi connectivity index (χ1v) is 7.09. The van der Waals surface area contributed by atoms with Gasteiger partial charge in [-0.3, -0.25) is 4.79 Å². The van der Waals surface area contributed by atoms with E-state index >= 15 is 0 Å². The number of carbonyl (C=O) groups is 1. The zero-order valence-corrected chi connectivity index (χ0v) is 13.2. The number of halogens is 2. The van der Waals surface area contributed by atoms with Gasteiger partial charge in [-0.1, -0.05) is 5.16 Å². The molecule has 18 heavy (non-hydrogen) atoms. The Morgan fingerprint density at radius 2 is 2.39 bits per heavy atom. The van der Waals surface area contributed by atoms with Crippen LogP contribution in [-0.2, 0) is 16.0 Å². The zero-order chi connectivity index (χ0) is 13.3. The molecular weight excluding hydrogens is 415 g/mol. The van der Waals surface area contributed by atoms with Gasteiger partial charge in [-0.05, 0) is 51.5 Å². The zero-order valence-electron chi connectivity index (χ0n) is 9.50. The molecule has 1 aromatic heterocycles. The predicted molar refractivity (Wildman–Crippen MR) is 79.2 cm³/mol. The molecular formula is C11H10BrIN2O3. The van der Waals surface area contributed by atoms with Crippen LogP contribution in [0.5, 0.6) is 0 Å². The van der Waals surface area contributed by atoms with Gasteiger partial charge in [-0.15, -0.1) is 0 Å². The van der Waals surface area contributed by atoms with Gasteiger partial charge in [0.2, 0.25) is 0 Å². The number of ether oxygens (including phenoxy) is 1. The molecule has 1 aromatic carbocycles. The molecule has 1 heterocycles. The number of fused-ring (bicyclic) bond motifs is 1. The summed E-state index contributed by atoms with van der Waals surface area (Å²) in [5.41, 5.74) is 7.63. The average Bonchev–Trinajstić information content (AvgIpc) is 2.71. The second-order valence-electron chi connectivity index (χ2n) is 3.58. The number of nitrogens with two attached hydrogens (primary N) is 1. The molecule has 0 atom stereocenters. The van der Waals surface area contributed by atoms with E-state index in [1.165, 1.54) is 0 Å². The van der Waals surface area contributed by atoms with E-state index in [0.29, 0.717) is 23.6 Å². The Morgan fingerprint density at radius 1 is 1.67 bits per heavy atom. The molecule has 2 rings (SSSR count). The van der Waals surface area contributed by atoms with E-state index in [1.54, 1.807) is 13.0 Å². The molecule has 0 radical (unpaired) electrons. The van der Waals surface area contributed by atoms with Crippen molar-refractivity contribution in [2.45, 2.75) is 13.3 Å². The van der Waals surface area contributed by atoms with Crippen molar-refractivity contribution in [1.82, 2.24) is 5.16 Å². The van der Waals surface area contributed by atoms with Gasteiger partial charge in [0, 0.05) is 9.26 Å². The van der Waals surface area contributed by atoms with Crippen LogP contribution in [0.1, 0.15) is 12.6 Å². The molecule has 0 aliphatic rings. The van der Waals surface area contributed by atoms with E-state index < -0.39 is 0 Å². The number of aromatic nitrogens is 1. The average molecular weight is 425 g/mol. The standard InChI is InChI=1S/C11H10BrIN2O3/c1-2-17-8(16)4-7-9-10(13)6(14)3-5(12)11(9)18-15-7/h3H,2,4,14H2,1H3. The monoisotopic (exact) mass is 424 g/mol. The lowest BCUT2D eigenvalue weighted by atomic mass is 10.1. The van der Waals surface area contributed by atoms with Crippen LogP contribution in [-0.4, -0.2) is 17.7 Å². The minimum atomic E-state index is -0.331. The summed E-state index contributed by atoms with van der Waals surface area (Å²) in [5.74, 6) is -0.331. The lowest BCUT2D eigenvalue weighted by Gasteiger charge is -2.03. The van der Waals surface area contributed by atoms with Crippen LogP contribution in [0.3, 0.4) is 0 Å². The Balaban J connectivity index is 2.50. The van der Waals surface area contributed by atoms with Gasteiger partial charge in [0.05, 0.1) is 22.9 Å². The molecule has 0 saturated heterocycles. The fourth-order valence-electron chi connectivity index (χ4n) is 1.59. The third-order valence-corrected chi connectivity index (χ3v) is 4.10. The summed E-state index contributed by atoms with van der Waals surface area (Å²) >= 11 is 5.47. The molecule has 5 nitrogen and oxygen atoms in total. The van der Waals surface area contributed by atoms with Crippen molar-refractivity contribution >= 4 is 61.1 Å². The Bertz CT molecular complexity index is 612. The number of nitrogen functional groups attached to an aromatic ring is 1. The van der Waals surface area contributed by atoms with Gasteiger partial charge < -0.3 is 15.0 Å². The Morgan fingerprint density at radius 3 is 3.06 bits per heavy atom. The Kier molecular flexibility index (Phi) is 4.10. The predicted octanol–water partition coefficient (Wildman–Crippen LogP) is 2.88. The van der Waals surface area contributed by atoms with Crippen molar-refractivity contribution in [2.75, 3.05) is 12.3 Å². The Hall–Kier alpha value is -0.830. The van der Waals surface area contributed by atoms with Crippen LogP contribution in [0, 0.1) is 3.57 Å². The van der Waals surface area contributed by atoms with Crippen LogP contribution < -0.4 is 5.73 Å². The van der Waals surface area contributed by atoms with E-state index in [2.05, 4.69) is 43.7 Å². The van der Waals surface area contributed by atoms with Crippen LogP contribution in [0.4, 0.5) is 5.69 Å². The number of anilines is 1. The maximum atomic E-state index is 11.5. The second kappa shape index (κ2) is 5.43. The van der Waals surface area contributed by atoms with E-state index in [4.69, 9.17) is 15.0 Å². The molecule has 0 amide bonds. The number of benzene rings is 1. The lowest BCUT2D eigenvalue weighted by molar-refractivity contribution is -0.142. The number of hydrogen-bond donors (Lipinski definition) is 1. The van der Waals surface area contributed by atoms with E-state index in [9.17, 15) is 4.79 Å². The summed E-state index contributed by atoms with van der Waals surface area (Å²) in [7, 11) is 0. The summed E-state index contributed by atoms with van der Waals surface area (Å²) in [4.78, 5) is 11.5. The van der Waals surface area contributed by atoms with Crippen LogP contribution in [0.15, 0.2) is 15.1 Å². The molecule has 0 bridgehead atoms. The molecule has 2 N–H and O–H groups in total. The molecule has 0 unspecified atom stereocenters. The van der Waals surface area contributed by atoms with Crippen LogP contribution in [0.25, 0.3) is 11.0 Å². The van der Waals surface area contributed by atoms with E-state index in [0.717, 1.165) is 13.4 Å². The highest BCUT2D eigenvalue weighted by atomic mass is 127. The highest BCUT2D eigenvalue weighted by Crippen LogP contribution is 2.34. The first kappa shape index (κ1) is 13.6. The maximum absolute atomic E-state index is 11.5. The SMILES string of the molecule is CCOC(=O)Cc1noc2c(Br)cc(N)c(I)c12. The minimum absolute atomic E-state index is 0.0761. The van der Waals surface area contributed by atoms with Gasteiger partial charge in [0.25, 0.3) is 0 Å². The molecule has 96 valence electrons. The maximum Gasteiger partial charge on any atom is 0.312 e. The van der Waals surface area contributed by atoms with Crippen molar-refractivity contribution in [3.63, 3.8) is 0 Å². The van der Waals surface area contributed by atoms with Crippen molar-refractivity contribution in [2.24, 2.45) is 0 Å². The molecule has 0 fully saturated rings. The van der Waals surface area contributed by atoms with Crippen LogP contribution in [0.2, 0.25) is 0 Å². The smallest absolute Gasteiger partial charge is 0.312 e. The highest BCUT2D eigenvalue weighted by Gasteiger charge is 2.19. The largest absolute Gasteiger partial charge is 0.466 e. The Labute approximate surface area is 125 Å². The topological polar surface area (TPSA) is 78.3 Å². The summed E-state index contributed by atoms with van der Waals surface area (Å²) < 4.78 is 11.7. The molecule has 0 aliphatic heterocycles. The molecule has 7 heteroatoms. The molecule has 0 saturated carbocycles. The first-order chi connectivity index (χ1) is 8.54. The minimum Gasteiger partial charge on any atom is -0.466 e. The molecule has 0 aliphatic carbocycles. The number of nitrogens with zero attached hydrogens (tertiary/aromatic N) is 1. The van der Waals surface area contributed by atoms with Gasteiger partial charge in [-0.2, -0.15) is 0 Å². The van der Waals surface area contributed by atoms with Crippen molar-refractivity contribution in [3.05, 3.63) is 19.8 Å². The summed E-state index contributed by atoms with van der Waals surface area (Å²) in [5, 5.41) is 4.67. The highest BCUT2D eigenvalue weighted by molar-refractivity contribution is 14.1. The summed E-state index contributed by atoms with van der Waals surface area (Å²) in [6, 6.07) is 1.75. The van der Waals surface area contributed by atoms with Crippen molar-refractivity contribution in [3.8, 4) is 0 Å². The number of hydrogen-bond acceptors (Lipinski definition) is 5.